The van der Waals surface area contributed by atoms with Crippen molar-refractivity contribution in [1.82, 2.24) is 4.98 Å². The quantitative estimate of drug-likeness (QED) is 0.734. The number of aromatic nitrogens is 1. The number of halogens is 1. The Labute approximate surface area is 150 Å². The molecule has 26 heavy (non-hydrogen) atoms. The molecule has 0 amide bonds. The van der Waals surface area contributed by atoms with Gasteiger partial charge in [0.15, 0.2) is 5.43 Å². The third-order valence-corrected chi connectivity index (χ3v) is 5.05. The Morgan fingerprint density at radius 1 is 1.15 bits per heavy atom. The van der Waals surface area contributed by atoms with E-state index < -0.39 is 5.82 Å². The third kappa shape index (κ3) is 2.94. The van der Waals surface area contributed by atoms with Crippen LogP contribution in [-0.4, -0.2) is 18.7 Å². The zero-order valence-corrected chi connectivity index (χ0v) is 14.5. The van der Waals surface area contributed by atoms with E-state index in [1.54, 1.807) is 43.6 Å². The molecule has 1 aromatic heterocycles. The molecule has 0 bridgehead atoms. The summed E-state index contributed by atoms with van der Waals surface area (Å²) in [5.74, 6) is 1.23. The molecule has 1 aliphatic carbocycles. The molecule has 134 valence electrons. The summed E-state index contributed by atoms with van der Waals surface area (Å²) < 4.78 is 25.4. The molecular weight excluding hydrogens is 333 g/mol. The van der Waals surface area contributed by atoms with Gasteiger partial charge in [0.1, 0.15) is 17.3 Å². The normalized spacial score (nSPS) is 14.2. The molecule has 0 spiro atoms. The van der Waals surface area contributed by atoms with Gasteiger partial charge in [0, 0.05) is 11.8 Å². The fourth-order valence-electron chi connectivity index (χ4n) is 3.24. The van der Waals surface area contributed by atoms with Crippen molar-refractivity contribution in [1.29, 1.82) is 0 Å². The number of rotatable bonds is 5. The highest BCUT2D eigenvalue weighted by Crippen LogP contribution is 2.30. The van der Waals surface area contributed by atoms with Gasteiger partial charge in [-0.2, -0.15) is 0 Å². The molecule has 0 atom stereocenters. The molecule has 0 radical (unpaired) electrons. The third-order valence-electron chi connectivity index (χ3n) is 5.05. The van der Waals surface area contributed by atoms with Crippen molar-refractivity contribution in [2.24, 2.45) is 5.92 Å². The number of H-pyrrole nitrogens is 1. The maximum atomic E-state index is 14.4. The topological polar surface area (TPSA) is 51.3 Å². The van der Waals surface area contributed by atoms with Crippen LogP contribution in [0.25, 0.3) is 22.0 Å². The Bertz CT molecular complexity index is 991. The first-order chi connectivity index (χ1) is 12.7. The average molecular weight is 353 g/mol. The lowest BCUT2D eigenvalue weighted by Gasteiger charge is -2.25. The molecular formula is C21H20FNO3. The monoisotopic (exact) mass is 353 g/mol. The van der Waals surface area contributed by atoms with E-state index >= 15 is 0 Å². The van der Waals surface area contributed by atoms with Gasteiger partial charge in [-0.25, -0.2) is 4.39 Å². The summed E-state index contributed by atoms with van der Waals surface area (Å²) in [4.78, 5) is 16.0. The predicted molar refractivity (Wildman–Crippen MR) is 99.4 cm³/mol. The van der Waals surface area contributed by atoms with E-state index in [2.05, 4.69) is 4.98 Å². The smallest absolute Gasteiger partial charge is 0.200 e. The molecule has 0 saturated heterocycles. The maximum Gasteiger partial charge on any atom is 0.200 e. The average Bonchev–Trinajstić information content (AvgIpc) is 2.62. The summed E-state index contributed by atoms with van der Waals surface area (Å²) in [6, 6.07) is 9.99. The summed E-state index contributed by atoms with van der Waals surface area (Å²) in [6.45, 7) is 0.600. The Hall–Kier alpha value is -2.82. The Morgan fingerprint density at radius 2 is 1.92 bits per heavy atom. The minimum Gasteiger partial charge on any atom is -0.497 e. The number of nitrogens with one attached hydrogen (secondary N) is 1. The van der Waals surface area contributed by atoms with Crippen molar-refractivity contribution in [3.05, 3.63) is 58.6 Å². The first-order valence-electron chi connectivity index (χ1n) is 8.78. The van der Waals surface area contributed by atoms with Crippen LogP contribution < -0.4 is 14.9 Å². The fraction of sp³-hybridized carbons (Fsp3) is 0.286. The highest BCUT2D eigenvalue weighted by atomic mass is 19.1. The van der Waals surface area contributed by atoms with Gasteiger partial charge >= 0.3 is 0 Å². The SMILES string of the molecule is COc1ccc(-c2c[nH]c3c(OCC4CCC4)ccc(F)c3c2=O)cc1. The number of fused-ring (bicyclic) bond motifs is 1. The van der Waals surface area contributed by atoms with Gasteiger partial charge in [0.2, 0.25) is 0 Å². The van der Waals surface area contributed by atoms with E-state index in [1.807, 2.05) is 0 Å². The summed E-state index contributed by atoms with van der Waals surface area (Å²) >= 11 is 0. The van der Waals surface area contributed by atoms with Gasteiger partial charge in [-0.3, -0.25) is 4.79 Å². The standard InChI is InChI=1S/C21H20FNO3/c1-25-15-7-5-14(6-8-15)16-11-23-20-18(26-12-13-3-2-4-13)10-9-17(22)19(20)21(16)24/h5-11,13H,2-4,12H2,1H3,(H,23,24). The minimum absolute atomic E-state index is 0.0319. The molecule has 2 aromatic carbocycles. The molecule has 1 aliphatic rings. The first-order valence-corrected chi connectivity index (χ1v) is 8.78. The first kappa shape index (κ1) is 16.6. The largest absolute Gasteiger partial charge is 0.497 e. The van der Waals surface area contributed by atoms with Crippen LogP contribution in [0.5, 0.6) is 11.5 Å². The van der Waals surface area contributed by atoms with Crippen LogP contribution in [0.2, 0.25) is 0 Å². The van der Waals surface area contributed by atoms with Crippen LogP contribution in [-0.2, 0) is 0 Å². The Morgan fingerprint density at radius 3 is 2.58 bits per heavy atom. The van der Waals surface area contributed by atoms with E-state index in [4.69, 9.17) is 9.47 Å². The van der Waals surface area contributed by atoms with Crippen molar-refractivity contribution >= 4 is 10.9 Å². The number of hydrogen-bond acceptors (Lipinski definition) is 3. The van der Waals surface area contributed by atoms with Gasteiger partial charge in [0.25, 0.3) is 0 Å². The highest BCUT2D eigenvalue weighted by molar-refractivity contribution is 5.88. The van der Waals surface area contributed by atoms with Crippen LogP contribution >= 0.6 is 0 Å². The zero-order chi connectivity index (χ0) is 18.1. The van der Waals surface area contributed by atoms with E-state index in [1.165, 1.54) is 12.5 Å². The minimum atomic E-state index is -0.549. The molecule has 1 saturated carbocycles. The highest BCUT2D eigenvalue weighted by Gasteiger charge is 2.20. The number of benzene rings is 2. The van der Waals surface area contributed by atoms with Crippen molar-refractivity contribution in [2.45, 2.75) is 19.3 Å². The van der Waals surface area contributed by atoms with E-state index in [0.717, 1.165) is 12.8 Å². The molecule has 3 aromatic rings. The van der Waals surface area contributed by atoms with Crippen molar-refractivity contribution in [3.63, 3.8) is 0 Å². The Kier molecular flexibility index (Phi) is 4.37. The summed E-state index contributed by atoms with van der Waals surface area (Å²) in [6.07, 6.45) is 5.18. The van der Waals surface area contributed by atoms with Crippen LogP contribution in [0.4, 0.5) is 4.39 Å². The number of methoxy groups -OCH3 is 1. The second-order valence-electron chi connectivity index (χ2n) is 6.66. The molecule has 0 aliphatic heterocycles. The second kappa shape index (κ2) is 6.83. The maximum absolute atomic E-state index is 14.4. The van der Waals surface area contributed by atoms with Crippen molar-refractivity contribution in [3.8, 4) is 22.6 Å². The lowest BCUT2D eigenvalue weighted by atomic mass is 9.86. The van der Waals surface area contributed by atoms with E-state index in [0.29, 0.717) is 40.7 Å². The molecule has 1 N–H and O–H groups in total. The summed E-state index contributed by atoms with van der Waals surface area (Å²) in [5, 5.41) is 0.0319. The molecule has 0 unspecified atom stereocenters. The molecule has 1 fully saturated rings. The molecule has 4 rings (SSSR count). The summed E-state index contributed by atoms with van der Waals surface area (Å²) in [7, 11) is 1.58. The molecule has 1 heterocycles. The van der Waals surface area contributed by atoms with Crippen LogP contribution in [0.3, 0.4) is 0 Å². The predicted octanol–water partition coefficient (Wildman–Crippen LogP) is 4.52. The van der Waals surface area contributed by atoms with Crippen LogP contribution in [0.15, 0.2) is 47.4 Å². The lowest BCUT2D eigenvalue weighted by Crippen LogP contribution is -2.19. The van der Waals surface area contributed by atoms with E-state index in [9.17, 15) is 9.18 Å². The number of pyridine rings is 1. The van der Waals surface area contributed by atoms with Gasteiger partial charge in [-0.15, -0.1) is 0 Å². The van der Waals surface area contributed by atoms with Gasteiger partial charge in [-0.05, 0) is 48.6 Å². The number of hydrogen-bond donors (Lipinski definition) is 1. The van der Waals surface area contributed by atoms with Crippen molar-refractivity contribution < 1.29 is 13.9 Å². The molecule has 4 nitrogen and oxygen atoms in total. The van der Waals surface area contributed by atoms with Gasteiger partial charge in [0.05, 0.1) is 24.6 Å². The summed E-state index contributed by atoms with van der Waals surface area (Å²) in [5.41, 5.74) is 1.17. The fourth-order valence-corrected chi connectivity index (χ4v) is 3.24. The number of aromatic amines is 1. The zero-order valence-electron chi connectivity index (χ0n) is 14.5. The van der Waals surface area contributed by atoms with Gasteiger partial charge in [-0.1, -0.05) is 18.6 Å². The Balaban J connectivity index is 1.76. The lowest BCUT2D eigenvalue weighted by molar-refractivity contribution is 0.182. The van der Waals surface area contributed by atoms with Crippen LogP contribution in [0.1, 0.15) is 19.3 Å². The second-order valence-corrected chi connectivity index (χ2v) is 6.66. The number of ether oxygens (including phenoxy) is 2. The van der Waals surface area contributed by atoms with E-state index in [-0.39, 0.29) is 10.8 Å². The van der Waals surface area contributed by atoms with Crippen LogP contribution in [0, 0.1) is 11.7 Å². The molecule has 5 heteroatoms. The van der Waals surface area contributed by atoms with Gasteiger partial charge < -0.3 is 14.5 Å². The van der Waals surface area contributed by atoms with Crippen molar-refractivity contribution in [2.75, 3.05) is 13.7 Å².